The predicted octanol–water partition coefficient (Wildman–Crippen LogP) is 2.35. The number of amides is 1. The Morgan fingerprint density at radius 1 is 1.19 bits per heavy atom. The number of hydrogen-bond acceptors (Lipinski definition) is 4. The Labute approximate surface area is 159 Å². The summed E-state index contributed by atoms with van der Waals surface area (Å²) in [5.74, 6) is -0.264. The van der Waals surface area contributed by atoms with E-state index in [2.05, 4.69) is 5.32 Å². The Hall–Kier alpha value is -2.61. The molecule has 2 rings (SSSR count). The summed E-state index contributed by atoms with van der Waals surface area (Å²) in [6.45, 7) is 2.38. The number of para-hydroxylation sites is 2. The van der Waals surface area contributed by atoms with Crippen LogP contribution in [0.25, 0.3) is 0 Å². The van der Waals surface area contributed by atoms with Gasteiger partial charge in [0, 0.05) is 6.54 Å². The van der Waals surface area contributed by atoms with Crippen LogP contribution in [0.1, 0.15) is 12.5 Å². The quantitative estimate of drug-likeness (QED) is 0.708. The molecule has 2 aromatic carbocycles. The Morgan fingerprint density at radius 3 is 2.59 bits per heavy atom. The number of nitrogens with zero attached hydrogens (tertiary/aromatic N) is 1. The molecule has 0 aliphatic heterocycles. The van der Waals surface area contributed by atoms with Crippen LogP contribution in [0, 0.1) is 5.82 Å². The average Bonchev–Trinajstić information content (AvgIpc) is 2.59. The van der Waals surface area contributed by atoms with Crippen molar-refractivity contribution in [3.8, 4) is 5.75 Å². The molecule has 1 N–H and O–H groups in total. The summed E-state index contributed by atoms with van der Waals surface area (Å²) in [5, 5.41) is 2.67. The summed E-state index contributed by atoms with van der Waals surface area (Å²) in [6.07, 6.45) is 1.12. The second-order valence-corrected chi connectivity index (χ2v) is 7.80. The number of sulfonamides is 1. The molecule has 0 atom stereocenters. The monoisotopic (exact) mass is 394 g/mol. The minimum Gasteiger partial charge on any atom is -0.492 e. The highest BCUT2D eigenvalue weighted by atomic mass is 32.2. The number of anilines is 1. The second kappa shape index (κ2) is 9.36. The zero-order valence-electron chi connectivity index (χ0n) is 15.3. The Balaban J connectivity index is 2.03. The molecule has 0 radical (unpaired) electrons. The zero-order valence-corrected chi connectivity index (χ0v) is 16.1. The van der Waals surface area contributed by atoms with Crippen molar-refractivity contribution in [2.45, 2.75) is 13.3 Å². The maximum atomic E-state index is 13.2. The Morgan fingerprint density at radius 2 is 1.93 bits per heavy atom. The van der Waals surface area contributed by atoms with Crippen LogP contribution in [-0.2, 0) is 21.2 Å². The first-order valence-corrected chi connectivity index (χ1v) is 10.4. The van der Waals surface area contributed by atoms with E-state index in [4.69, 9.17) is 4.74 Å². The van der Waals surface area contributed by atoms with E-state index in [0.29, 0.717) is 23.6 Å². The van der Waals surface area contributed by atoms with Crippen molar-refractivity contribution < 1.29 is 22.3 Å². The van der Waals surface area contributed by atoms with Gasteiger partial charge in [0.1, 0.15) is 11.6 Å². The molecule has 0 fully saturated rings. The molecule has 6 nitrogen and oxygen atoms in total. The van der Waals surface area contributed by atoms with Gasteiger partial charge in [0.25, 0.3) is 0 Å². The maximum Gasteiger partial charge on any atom is 0.232 e. The fraction of sp³-hybridized carbons (Fsp3) is 0.316. The summed E-state index contributed by atoms with van der Waals surface area (Å²) < 4.78 is 44.3. The van der Waals surface area contributed by atoms with Crippen molar-refractivity contribution in [2.24, 2.45) is 0 Å². The van der Waals surface area contributed by atoms with Gasteiger partial charge in [-0.05, 0) is 36.8 Å². The van der Waals surface area contributed by atoms with Crippen LogP contribution >= 0.6 is 0 Å². The highest BCUT2D eigenvalue weighted by Gasteiger charge is 2.21. The minimum absolute atomic E-state index is 0.0200. The molecule has 0 aliphatic rings. The third-order valence-corrected chi connectivity index (χ3v) is 4.90. The minimum atomic E-state index is -3.57. The standard InChI is InChI=1S/C19H23FN2O4S/c1-3-26-18-10-5-4-9-17(18)22(27(2,24)25)12-11-21-19(23)14-15-7-6-8-16(20)13-15/h4-10,13H,3,11-12,14H2,1-2H3,(H,21,23). The van der Waals surface area contributed by atoms with Gasteiger partial charge in [-0.2, -0.15) is 0 Å². The average molecular weight is 394 g/mol. The van der Waals surface area contributed by atoms with Gasteiger partial charge in [0.2, 0.25) is 15.9 Å². The number of carbonyl (C=O) groups excluding carboxylic acids is 1. The van der Waals surface area contributed by atoms with Crippen LogP contribution < -0.4 is 14.4 Å². The lowest BCUT2D eigenvalue weighted by Crippen LogP contribution is -2.38. The number of hydrogen-bond donors (Lipinski definition) is 1. The van der Waals surface area contributed by atoms with E-state index < -0.39 is 15.8 Å². The Bertz CT molecular complexity index is 887. The number of halogens is 1. The number of rotatable bonds is 9. The van der Waals surface area contributed by atoms with E-state index >= 15 is 0 Å². The number of carbonyl (C=O) groups is 1. The van der Waals surface area contributed by atoms with Crippen LogP contribution in [0.3, 0.4) is 0 Å². The van der Waals surface area contributed by atoms with Crippen LogP contribution in [0.2, 0.25) is 0 Å². The van der Waals surface area contributed by atoms with Crippen molar-refractivity contribution in [1.29, 1.82) is 0 Å². The van der Waals surface area contributed by atoms with Crippen LogP contribution in [0.15, 0.2) is 48.5 Å². The van der Waals surface area contributed by atoms with Gasteiger partial charge in [-0.3, -0.25) is 9.10 Å². The molecule has 146 valence electrons. The molecule has 0 saturated carbocycles. The van der Waals surface area contributed by atoms with Crippen LogP contribution in [0.5, 0.6) is 5.75 Å². The normalized spacial score (nSPS) is 11.1. The van der Waals surface area contributed by atoms with Crippen molar-refractivity contribution in [1.82, 2.24) is 5.32 Å². The lowest BCUT2D eigenvalue weighted by atomic mass is 10.1. The van der Waals surface area contributed by atoms with Crippen molar-refractivity contribution in [3.63, 3.8) is 0 Å². The first kappa shape index (κ1) is 20.7. The highest BCUT2D eigenvalue weighted by molar-refractivity contribution is 7.92. The lowest BCUT2D eigenvalue weighted by molar-refractivity contribution is -0.120. The number of nitrogens with one attached hydrogen (secondary N) is 1. The molecule has 8 heteroatoms. The molecule has 1 amide bonds. The summed E-state index contributed by atoms with van der Waals surface area (Å²) in [6, 6.07) is 12.6. The molecule has 0 aromatic heterocycles. The predicted molar refractivity (Wildman–Crippen MR) is 103 cm³/mol. The maximum absolute atomic E-state index is 13.2. The molecule has 0 bridgehead atoms. The van der Waals surface area contributed by atoms with Crippen molar-refractivity contribution in [2.75, 3.05) is 30.3 Å². The molecular weight excluding hydrogens is 371 g/mol. The van der Waals surface area contributed by atoms with Gasteiger partial charge in [0.15, 0.2) is 0 Å². The summed E-state index contributed by atoms with van der Waals surface area (Å²) in [7, 11) is -3.57. The summed E-state index contributed by atoms with van der Waals surface area (Å²) >= 11 is 0. The lowest BCUT2D eigenvalue weighted by Gasteiger charge is -2.24. The SMILES string of the molecule is CCOc1ccccc1N(CCNC(=O)Cc1cccc(F)c1)S(C)(=O)=O. The van der Waals surface area contributed by atoms with E-state index in [0.717, 1.165) is 6.26 Å². The first-order valence-electron chi connectivity index (χ1n) is 8.52. The number of benzene rings is 2. The van der Waals surface area contributed by atoms with Gasteiger partial charge in [-0.15, -0.1) is 0 Å². The van der Waals surface area contributed by atoms with Gasteiger partial charge in [-0.1, -0.05) is 24.3 Å². The third kappa shape index (κ3) is 6.25. The smallest absolute Gasteiger partial charge is 0.232 e. The fourth-order valence-corrected chi connectivity index (χ4v) is 3.53. The van der Waals surface area contributed by atoms with Gasteiger partial charge in [-0.25, -0.2) is 12.8 Å². The largest absolute Gasteiger partial charge is 0.492 e. The topological polar surface area (TPSA) is 75.7 Å². The molecule has 0 heterocycles. The van der Waals surface area contributed by atoms with Gasteiger partial charge < -0.3 is 10.1 Å². The van der Waals surface area contributed by atoms with Crippen LogP contribution in [0.4, 0.5) is 10.1 Å². The highest BCUT2D eigenvalue weighted by Crippen LogP contribution is 2.29. The molecular formula is C19H23FN2O4S. The van der Waals surface area contributed by atoms with E-state index in [9.17, 15) is 17.6 Å². The molecule has 27 heavy (non-hydrogen) atoms. The second-order valence-electron chi connectivity index (χ2n) is 5.89. The van der Waals surface area contributed by atoms with Gasteiger partial charge >= 0.3 is 0 Å². The summed E-state index contributed by atoms with van der Waals surface area (Å²) in [4.78, 5) is 12.0. The zero-order chi connectivity index (χ0) is 19.9. The number of ether oxygens (including phenoxy) is 1. The third-order valence-electron chi connectivity index (χ3n) is 3.72. The summed E-state index contributed by atoms with van der Waals surface area (Å²) in [5.41, 5.74) is 0.968. The molecule has 0 saturated heterocycles. The molecule has 0 spiro atoms. The van der Waals surface area contributed by atoms with E-state index in [1.54, 1.807) is 30.3 Å². The first-order chi connectivity index (χ1) is 12.8. The van der Waals surface area contributed by atoms with Crippen molar-refractivity contribution >= 4 is 21.6 Å². The van der Waals surface area contributed by atoms with Crippen molar-refractivity contribution in [3.05, 3.63) is 59.9 Å². The van der Waals surface area contributed by atoms with Gasteiger partial charge in [0.05, 0.1) is 31.5 Å². The van der Waals surface area contributed by atoms with E-state index in [-0.39, 0.29) is 25.4 Å². The molecule has 0 unspecified atom stereocenters. The Kier molecular flexibility index (Phi) is 7.18. The van der Waals surface area contributed by atoms with E-state index in [1.807, 2.05) is 6.92 Å². The fourth-order valence-electron chi connectivity index (χ4n) is 2.60. The van der Waals surface area contributed by atoms with Crippen LogP contribution in [-0.4, -0.2) is 40.3 Å². The van der Waals surface area contributed by atoms with E-state index in [1.165, 1.54) is 22.5 Å². The molecule has 2 aromatic rings. The molecule has 0 aliphatic carbocycles.